The summed E-state index contributed by atoms with van der Waals surface area (Å²) in [6.45, 7) is 10.6. The highest BCUT2D eigenvalue weighted by molar-refractivity contribution is 5.92. The molecule has 2 heteroatoms. The predicted octanol–water partition coefficient (Wildman–Crippen LogP) is 2.87. The van der Waals surface area contributed by atoms with Gasteiger partial charge >= 0.3 is 0 Å². The molecule has 2 nitrogen and oxygen atoms in total. The number of carbonyl (C=O) groups excluding carboxylic acids is 1. The van der Waals surface area contributed by atoms with Crippen LogP contribution in [0.2, 0.25) is 0 Å². The molecule has 0 aliphatic heterocycles. The van der Waals surface area contributed by atoms with Gasteiger partial charge in [0.1, 0.15) is 0 Å². The minimum absolute atomic E-state index is 0.162. The topological polar surface area (TPSA) is 20.3 Å². The Morgan fingerprint density at radius 1 is 1.13 bits per heavy atom. The lowest BCUT2D eigenvalue weighted by Gasteiger charge is -2.41. The molecular formula is C13H25NO. The number of Topliss-reactive ketones (excluding diaryl/α,β-unsaturated/α-hetero) is 1. The highest BCUT2D eigenvalue weighted by Gasteiger charge is 2.46. The van der Waals surface area contributed by atoms with E-state index in [0.717, 1.165) is 38.8 Å². The van der Waals surface area contributed by atoms with E-state index in [-0.39, 0.29) is 5.54 Å². The van der Waals surface area contributed by atoms with Gasteiger partial charge in [0.15, 0.2) is 5.78 Å². The fraction of sp³-hybridized carbons (Fsp3) is 0.923. The number of carbonyl (C=O) groups is 1. The highest BCUT2D eigenvalue weighted by Crippen LogP contribution is 2.38. The molecule has 0 bridgehead atoms. The molecule has 0 radical (unpaired) electrons. The van der Waals surface area contributed by atoms with Gasteiger partial charge in [0.2, 0.25) is 0 Å². The lowest BCUT2D eigenvalue weighted by Crippen LogP contribution is -2.54. The second-order valence-corrected chi connectivity index (χ2v) is 4.55. The van der Waals surface area contributed by atoms with Crippen molar-refractivity contribution in [3.05, 3.63) is 0 Å². The average molecular weight is 211 g/mol. The van der Waals surface area contributed by atoms with Crippen molar-refractivity contribution < 1.29 is 4.79 Å². The molecule has 0 N–H and O–H groups in total. The van der Waals surface area contributed by atoms with Crippen LogP contribution >= 0.6 is 0 Å². The van der Waals surface area contributed by atoms with Crippen LogP contribution in [0.25, 0.3) is 0 Å². The van der Waals surface area contributed by atoms with Gasteiger partial charge in [0, 0.05) is 5.92 Å². The Kier molecular flexibility index (Phi) is 4.32. The molecular weight excluding hydrogens is 186 g/mol. The monoisotopic (exact) mass is 211 g/mol. The lowest BCUT2D eigenvalue weighted by molar-refractivity contribution is -0.133. The Labute approximate surface area is 94.0 Å². The van der Waals surface area contributed by atoms with E-state index in [4.69, 9.17) is 0 Å². The summed E-state index contributed by atoms with van der Waals surface area (Å²) in [4.78, 5) is 14.8. The Morgan fingerprint density at radius 2 is 1.60 bits per heavy atom. The van der Waals surface area contributed by atoms with Crippen LogP contribution in [-0.4, -0.2) is 29.3 Å². The van der Waals surface area contributed by atoms with Crippen LogP contribution in [0.1, 0.15) is 53.4 Å². The van der Waals surface area contributed by atoms with Crippen LogP contribution in [-0.2, 0) is 4.79 Å². The molecule has 0 amide bonds. The molecule has 0 aromatic heterocycles. The molecule has 15 heavy (non-hydrogen) atoms. The Hall–Kier alpha value is -0.370. The van der Waals surface area contributed by atoms with Crippen LogP contribution < -0.4 is 0 Å². The van der Waals surface area contributed by atoms with Crippen molar-refractivity contribution >= 4 is 5.78 Å². The van der Waals surface area contributed by atoms with Crippen molar-refractivity contribution in [1.29, 1.82) is 0 Å². The Bertz CT molecular complexity index is 213. The van der Waals surface area contributed by atoms with Gasteiger partial charge in [-0.3, -0.25) is 9.69 Å². The molecule has 0 spiro atoms. The zero-order valence-corrected chi connectivity index (χ0v) is 10.7. The van der Waals surface area contributed by atoms with E-state index < -0.39 is 0 Å². The smallest absolute Gasteiger partial charge is 0.156 e. The number of hydrogen-bond acceptors (Lipinski definition) is 2. The summed E-state index contributed by atoms with van der Waals surface area (Å²) < 4.78 is 0. The van der Waals surface area contributed by atoms with E-state index in [9.17, 15) is 4.79 Å². The first-order chi connectivity index (χ1) is 7.16. The van der Waals surface area contributed by atoms with E-state index in [1.165, 1.54) is 0 Å². The third kappa shape index (κ3) is 2.25. The van der Waals surface area contributed by atoms with Crippen molar-refractivity contribution in [3.63, 3.8) is 0 Å². The minimum Gasteiger partial charge on any atom is -0.297 e. The number of likely N-dealkylation sites (N-methyl/N-ethyl adjacent to an activating group) is 1. The normalized spacial score (nSPS) is 17.1. The van der Waals surface area contributed by atoms with Gasteiger partial charge in [0.25, 0.3) is 0 Å². The first kappa shape index (κ1) is 12.7. The molecule has 0 atom stereocenters. The Morgan fingerprint density at radius 3 is 1.87 bits per heavy atom. The lowest BCUT2D eigenvalue weighted by atomic mass is 9.83. The summed E-state index contributed by atoms with van der Waals surface area (Å²) >= 11 is 0. The maximum Gasteiger partial charge on any atom is 0.156 e. The van der Waals surface area contributed by atoms with Crippen LogP contribution in [0, 0.1) is 5.92 Å². The quantitative estimate of drug-likeness (QED) is 0.645. The van der Waals surface area contributed by atoms with Gasteiger partial charge in [-0.1, -0.05) is 27.7 Å². The van der Waals surface area contributed by atoms with E-state index in [2.05, 4.69) is 32.6 Å². The summed E-state index contributed by atoms with van der Waals surface area (Å²) in [6.07, 6.45) is 4.17. The molecule has 0 heterocycles. The van der Waals surface area contributed by atoms with Crippen molar-refractivity contribution in [2.75, 3.05) is 13.1 Å². The zero-order valence-electron chi connectivity index (χ0n) is 10.7. The molecule has 0 unspecified atom stereocenters. The molecule has 0 aromatic carbocycles. The van der Waals surface area contributed by atoms with Crippen LogP contribution in [0.5, 0.6) is 0 Å². The van der Waals surface area contributed by atoms with E-state index in [0.29, 0.717) is 11.7 Å². The van der Waals surface area contributed by atoms with Gasteiger partial charge in [-0.2, -0.15) is 0 Å². The zero-order chi connectivity index (χ0) is 11.5. The van der Waals surface area contributed by atoms with Crippen molar-refractivity contribution in [1.82, 2.24) is 4.90 Å². The predicted molar refractivity (Wildman–Crippen MR) is 64.0 cm³/mol. The highest BCUT2D eigenvalue weighted by atomic mass is 16.1. The van der Waals surface area contributed by atoms with E-state index >= 15 is 0 Å². The van der Waals surface area contributed by atoms with Crippen LogP contribution in [0.15, 0.2) is 0 Å². The molecule has 1 saturated carbocycles. The molecule has 1 aliphatic carbocycles. The summed E-state index contributed by atoms with van der Waals surface area (Å²) in [7, 11) is 0. The standard InChI is InChI=1S/C13H25NO/c1-5-13(6-2,14(7-3)8-4)12(15)11-9-10-11/h11H,5-10H2,1-4H3. The van der Waals surface area contributed by atoms with Gasteiger partial charge in [0.05, 0.1) is 5.54 Å². The third-order valence-electron chi connectivity index (χ3n) is 3.95. The molecule has 0 saturated heterocycles. The molecule has 88 valence electrons. The second-order valence-electron chi connectivity index (χ2n) is 4.55. The van der Waals surface area contributed by atoms with Crippen molar-refractivity contribution in [3.8, 4) is 0 Å². The largest absolute Gasteiger partial charge is 0.297 e. The minimum atomic E-state index is -0.162. The maximum atomic E-state index is 12.4. The fourth-order valence-electron chi connectivity index (χ4n) is 2.76. The van der Waals surface area contributed by atoms with Crippen LogP contribution in [0.4, 0.5) is 0 Å². The molecule has 1 rings (SSSR count). The van der Waals surface area contributed by atoms with Crippen molar-refractivity contribution in [2.45, 2.75) is 58.9 Å². The number of hydrogen-bond donors (Lipinski definition) is 0. The summed E-state index contributed by atoms with van der Waals surface area (Å²) in [5.74, 6) is 0.890. The van der Waals surface area contributed by atoms with Gasteiger partial charge in [-0.05, 0) is 38.8 Å². The van der Waals surface area contributed by atoms with Gasteiger partial charge < -0.3 is 0 Å². The average Bonchev–Trinajstić information content (AvgIpc) is 3.09. The number of nitrogens with zero attached hydrogens (tertiary/aromatic N) is 1. The van der Waals surface area contributed by atoms with Gasteiger partial charge in [-0.25, -0.2) is 0 Å². The van der Waals surface area contributed by atoms with Gasteiger partial charge in [-0.15, -0.1) is 0 Å². The number of rotatable bonds is 7. The summed E-state index contributed by atoms with van der Waals surface area (Å²) in [6, 6.07) is 0. The van der Waals surface area contributed by atoms with E-state index in [1.807, 2.05) is 0 Å². The first-order valence-corrected chi connectivity index (χ1v) is 6.45. The van der Waals surface area contributed by atoms with Crippen molar-refractivity contribution in [2.24, 2.45) is 5.92 Å². The molecule has 0 aromatic rings. The maximum absolute atomic E-state index is 12.4. The number of ketones is 1. The Balaban J connectivity index is 2.87. The van der Waals surface area contributed by atoms with E-state index in [1.54, 1.807) is 0 Å². The summed E-state index contributed by atoms with van der Waals surface area (Å²) in [5, 5.41) is 0. The summed E-state index contributed by atoms with van der Waals surface area (Å²) in [5.41, 5.74) is -0.162. The molecule has 1 fully saturated rings. The SMILES string of the molecule is CCN(CC)C(CC)(CC)C(=O)C1CC1. The third-order valence-corrected chi connectivity index (χ3v) is 3.95. The molecule has 1 aliphatic rings. The second kappa shape index (κ2) is 5.11. The van der Waals surface area contributed by atoms with Crippen LogP contribution in [0.3, 0.4) is 0 Å². The fourth-order valence-corrected chi connectivity index (χ4v) is 2.76. The first-order valence-electron chi connectivity index (χ1n) is 6.45.